The molecule has 0 unspecified atom stereocenters. The van der Waals surface area contributed by atoms with Crippen LogP contribution in [0.4, 0.5) is 8.78 Å². The smallest absolute Gasteiger partial charge is 0.126 e. The lowest BCUT2D eigenvalue weighted by Gasteiger charge is -2.15. The van der Waals surface area contributed by atoms with Gasteiger partial charge >= 0.3 is 0 Å². The summed E-state index contributed by atoms with van der Waals surface area (Å²) in [4.78, 5) is 2.22. The lowest BCUT2D eigenvalue weighted by molar-refractivity contribution is 0.160. The van der Waals surface area contributed by atoms with Gasteiger partial charge in [-0.05, 0) is 36.7 Å². The number of halogens is 2. The molecule has 2 rings (SSSR count). The number of likely N-dealkylation sites (tertiary alicyclic amines) is 1. The van der Waals surface area contributed by atoms with Gasteiger partial charge in [0.2, 0.25) is 0 Å². The van der Waals surface area contributed by atoms with E-state index in [0.717, 1.165) is 32.1 Å². The molecule has 1 heterocycles. The highest BCUT2D eigenvalue weighted by atomic mass is 19.1. The summed E-state index contributed by atoms with van der Waals surface area (Å²) in [5, 5.41) is 0. The number of hydrogen-bond acceptors (Lipinski definition) is 2. The zero-order chi connectivity index (χ0) is 12.3. The Labute approximate surface area is 100 Å². The summed E-state index contributed by atoms with van der Waals surface area (Å²) in [6.45, 7) is 3.23. The SMILES string of the molecule is COCCN1CC[C@H](c2cc(F)ccc2F)C1. The number of hydrogen-bond donors (Lipinski definition) is 0. The van der Waals surface area contributed by atoms with Gasteiger partial charge < -0.3 is 9.64 Å². The normalized spacial score (nSPS) is 21.0. The van der Waals surface area contributed by atoms with Crippen molar-refractivity contribution in [1.29, 1.82) is 0 Å². The molecular formula is C13H17F2NO. The second kappa shape index (κ2) is 5.56. The van der Waals surface area contributed by atoms with Crippen molar-refractivity contribution in [3.05, 3.63) is 35.4 Å². The number of rotatable bonds is 4. The summed E-state index contributed by atoms with van der Waals surface area (Å²) in [6.07, 6.45) is 0.879. The van der Waals surface area contributed by atoms with Crippen LogP contribution in [0, 0.1) is 11.6 Å². The zero-order valence-corrected chi connectivity index (χ0v) is 9.96. The molecule has 0 aromatic heterocycles. The average molecular weight is 241 g/mol. The van der Waals surface area contributed by atoms with Crippen LogP contribution < -0.4 is 0 Å². The molecule has 1 atom stereocenters. The minimum Gasteiger partial charge on any atom is -0.383 e. The van der Waals surface area contributed by atoms with Crippen molar-refractivity contribution in [3.63, 3.8) is 0 Å². The molecular weight excluding hydrogens is 224 g/mol. The van der Waals surface area contributed by atoms with Crippen molar-refractivity contribution in [1.82, 2.24) is 4.90 Å². The van der Waals surface area contributed by atoms with Crippen molar-refractivity contribution in [3.8, 4) is 0 Å². The van der Waals surface area contributed by atoms with Crippen molar-refractivity contribution < 1.29 is 13.5 Å². The molecule has 17 heavy (non-hydrogen) atoms. The number of nitrogens with zero attached hydrogens (tertiary/aromatic N) is 1. The van der Waals surface area contributed by atoms with Crippen molar-refractivity contribution in [2.45, 2.75) is 12.3 Å². The first-order valence-electron chi connectivity index (χ1n) is 5.87. The first-order valence-corrected chi connectivity index (χ1v) is 5.87. The Morgan fingerprint density at radius 1 is 1.41 bits per heavy atom. The highest BCUT2D eigenvalue weighted by Crippen LogP contribution is 2.29. The van der Waals surface area contributed by atoms with Crippen molar-refractivity contribution in [2.24, 2.45) is 0 Å². The lowest BCUT2D eigenvalue weighted by atomic mass is 9.98. The molecule has 1 aliphatic heterocycles. The topological polar surface area (TPSA) is 12.5 Å². The van der Waals surface area contributed by atoms with Gasteiger partial charge in [0.1, 0.15) is 11.6 Å². The van der Waals surface area contributed by atoms with Crippen LogP contribution in [0.2, 0.25) is 0 Å². The second-order valence-corrected chi connectivity index (χ2v) is 4.44. The molecule has 0 aliphatic carbocycles. The van der Waals surface area contributed by atoms with Crippen molar-refractivity contribution >= 4 is 0 Å². The van der Waals surface area contributed by atoms with E-state index in [1.54, 1.807) is 7.11 Å². The van der Waals surface area contributed by atoms with Crippen LogP contribution >= 0.6 is 0 Å². The van der Waals surface area contributed by atoms with E-state index in [9.17, 15) is 8.78 Å². The Kier molecular flexibility index (Phi) is 4.07. The van der Waals surface area contributed by atoms with Crippen LogP contribution in [-0.2, 0) is 4.74 Å². The number of ether oxygens (including phenoxy) is 1. The van der Waals surface area contributed by atoms with Gasteiger partial charge in [-0.2, -0.15) is 0 Å². The van der Waals surface area contributed by atoms with Crippen LogP contribution in [0.5, 0.6) is 0 Å². The number of methoxy groups -OCH3 is 1. The van der Waals surface area contributed by atoms with E-state index in [1.807, 2.05) is 0 Å². The predicted octanol–water partition coefficient (Wildman–Crippen LogP) is 2.40. The molecule has 0 saturated carbocycles. The Balaban J connectivity index is 2.02. The van der Waals surface area contributed by atoms with Gasteiger partial charge in [-0.15, -0.1) is 0 Å². The molecule has 1 fully saturated rings. The summed E-state index contributed by atoms with van der Waals surface area (Å²) in [5.41, 5.74) is 0.505. The zero-order valence-electron chi connectivity index (χ0n) is 9.96. The molecule has 0 N–H and O–H groups in total. The third kappa shape index (κ3) is 3.01. The maximum atomic E-state index is 13.6. The van der Waals surface area contributed by atoms with Gasteiger partial charge in [-0.25, -0.2) is 8.78 Å². The highest BCUT2D eigenvalue weighted by molar-refractivity contribution is 5.24. The minimum atomic E-state index is -0.364. The molecule has 4 heteroatoms. The van der Waals surface area contributed by atoms with E-state index in [1.165, 1.54) is 12.1 Å². The molecule has 1 aliphatic rings. The Hall–Kier alpha value is -1.00. The second-order valence-electron chi connectivity index (χ2n) is 4.44. The van der Waals surface area contributed by atoms with Crippen molar-refractivity contribution in [2.75, 3.05) is 33.4 Å². The molecule has 94 valence electrons. The Morgan fingerprint density at radius 3 is 3.00 bits per heavy atom. The van der Waals surface area contributed by atoms with Crippen LogP contribution in [-0.4, -0.2) is 38.3 Å². The first-order chi connectivity index (χ1) is 8.20. The van der Waals surface area contributed by atoms with E-state index in [0.29, 0.717) is 12.2 Å². The van der Waals surface area contributed by atoms with Crippen LogP contribution in [0.25, 0.3) is 0 Å². The summed E-state index contributed by atoms with van der Waals surface area (Å²) in [7, 11) is 1.67. The first kappa shape index (κ1) is 12.5. The molecule has 0 radical (unpaired) electrons. The molecule has 1 saturated heterocycles. The van der Waals surface area contributed by atoms with Crippen LogP contribution in [0.3, 0.4) is 0 Å². The Bertz CT molecular complexity index is 384. The van der Waals surface area contributed by atoms with Gasteiger partial charge in [0.15, 0.2) is 0 Å². The molecule has 2 nitrogen and oxygen atoms in total. The third-order valence-electron chi connectivity index (χ3n) is 3.28. The van der Waals surface area contributed by atoms with E-state index in [4.69, 9.17) is 4.74 Å². The molecule has 0 amide bonds. The number of benzene rings is 1. The van der Waals surface area contributed by atoms with Crippen LogP contribution in [0.1, 0.15) is 17.9 Å². The quantitative estimate of drug-likeness (QED) is 0.802. The standard InChI is InChI=1S/C13H17F2NO/c1-17-7-6-16-5-4-10(9-16)12-8-11(14)2-3-13(12)15/h2-3,8,10H,4-7,9H2,1H3/t10-/m0/s1. The maximum Gasteiger partial charge on any atom is 0.126 e. The molecule has 1 aromatic carbocycles. The summed E-state index contributed by atoms with van der Waals surface area (Å²) < 4.78 is 31.7. The molecule has 1 aromatic rings. The fourth-order valence-electron chi connectivity index (χ4n) is 2.34. The Morgan fingerprint density at radius 2 is 2.24 bits per heavy atom. The third-order valence-corrected chi connectivity index (χ3v) is 3.28. The predicted molar refractivity (Wildman–Crippen MR) is 62.0 cm³/mol. The van der Waals surface area contributed by atoms with E-state index in [2.05, 4.69) is 4.90 Å². The molecule has 0 bridgehead atoms. The largest absolute Gasteiger partial charge is 0.383 e. The van der Waals surface area contributed by atoms with Gasteiger partial charge in [0.05, 0.1) is 6.61 Å². The minimum absolute atomic E-state index is 0.0996. The highest BCUT2D eigenvalue weighted by Gasteiger charge is 2.25. The summed E-state index contributed by atoms with van der Waals surface area (Å²) in [6, 6.07) is 3.69. The fourth-order valence-corrected chi connectivity index (χ4v) is 2.34. The van der Waals surface area contributed by atoms with E-state index < -0.39 is 0 Å². The van der Waals surface area contributed by atoms with Gasteiger partial charge in [0, 0.05) is 26.1 Å². The fraction of sp³-hybridized carbons (Fsp3) is 0.538. The van der Waals surface area contributed by atoms with E-state index >= 15 is 0 Å². The van der Waals surface area contributed by atoms with Gasteiger partial charge in [-0.3, -0.25) is 0 Å². The van der Waals surface area contributed by atoms with Gasteiger partial charge in [0.25, 0.3) is 0 Å². The monoisotopic (exact) mass is 241 g/mol. The summed E-state index contributed by atoms with van der Waals surface area (Å²) >= 11 is 0. The lowest BCUT2D eigenvalue weighted by Crippen LogP contribution is -2.24. The van der Waals surface area contributed by atoms with E-state index in [-0.39, 0.29) is 17.6 Å². The van der Waals surface area contributed by atoms with Gasteiger partial charge in [-0.1, -0.05) is 0 Å². The molecule has 0 spiro atoms. The van der Waals surface area contributed by atoms with Crippen LogP contribution in [0.15, 0.2) is 18.2 Å². The maximum absolute atomic E-state index is 13.6. The average Bonchev–Trinajstić information content (AvgIpc) is 2.78. The summed E-state index contributed by atoms with van der Waals surface area (Å²) in [5.74, 6) is -0.565.